The van der Waals surface area contributed by atoms with Crippen molar-refractivity contribution in [1.82, 2.24) is 14.9 Å². The minimum absolute atomic E-state index is 0.0775. The van der Waals surface area contributed by atoms with Crippen molar-refractivity contribution in [2.24, 2.45) is 12.8 Å². The molecule has 1 fully saturated rings. The molecule has 0 spiro atoms. The molecule has 5 heteroatoms. The zero-order valence-corrected chi connectivity index (χ0v) is 14.4. The second kappa shape index (κ2) is 7.04. The van der Waals surface area contributed by atoms with E-state index in [4.69, 9.17) is 17.3 Å². The minimum Gasteiger partial charge on any atom is -0.340 e. The molecule has 0 saturated heterocycles. The number of benzene rings is 1. The molecule has 1 aromatic heterocycles. The van der Waals surface area contributed by atoms with Gasteiger partial charge >= 0.3 is 0 Å². The lowest BCUT2D eigenvalue weighted by Crippen LogP contribution is -2.43. The number of rotatable bonds is 5. The Hall–Kier alpha value is -1.36. The summed E-state index contributed by atoms with van der Waals surface area (Å²) in [5.41, 5.74) is 8.62. The van der Waals surface area contributed by atoms with Crippen LogP contribution in [0.5, 0.6) is 0 Å². The summed E-state index contributed by atoms with van der Waals surface area (Å²) in [5, 5.41) is 4.43. The van der Waals surface area contributed by atoms with Crippen LogP contribution in [0, 0.1) is 0 Å². The summed E-state index contributed by atoms with van der Waals surface area (Å²) in [4.78, 5) is 4.37. The molecule has 0 unspecified atom stereocenters. The van der Waals surface area contributed by atoms with Crippen LogP contribution in [-0.4, -0.2) is 22.1 Å². The molecule has 0 amide bonds. The van der Waals surface area contributed by atoms with E-state index in [0.717, 1.165) is 42.9 Å². The molecule has 0 aliphatic heterocycles. The van der Waals surface area contributed by atoms with E-state index >= 15 is 0 Å². The number of nitrogens with two attached hydrogens (primary N) is 1. The number of aromatic nitrogens is 2. The van der Waals surface area contributed by atoms with Crippen LogP contribution in [0.3, 0.4) is 0 Å². The molecule has 1 heterocycles. The summed E-state index contributed by atoms with van der Waals surface area (Å²) < 4.78 is 1.98. The SMILES string of the molecule is Cn1cnc(CN[C@H]2CC[C@@](CN)(c3cccc(Cl)c3)CC2)c1. The highest BCUT2D eigenvalue weighted by Gasteiger charge is 2.35. The Balaban J connectivity index is 1.59. The van der Waals surface area contributed by atoms with Crippen LogP contribution in [0.4, 0.5) is 0 Å². The van der Waals surface area contributed by atoms with Gasteiger partial charge in [-0.2, -0.15) is 0 Å². The predicted molar refractivity (Wildman–Crippen MR) is 94.5 cm³/mol. The maximum atomic E-state index is 6.17. The van der Waals surface area contributed by atoms with Gasteiger partial charge in [0.25, 0.3) is 0 Å². The molecule has 0 radical (unpaired) electrons. The summed E-state index contributed by atoms with van der Waals surface area (Å²) in [7, 11) is 2.00. The highest BCUT2D eigenvalue weighted by atomic mass is 35.5. The molecule has 3 N–H and O–H groups in total. The van der Waals surface area contributed by atoms with Gasteiger partial charge in [0.05, 0.1) is 12.0 Å². The smallest absolute Gasteiger partial charge is 0.0947 e. The van der Waals surface area contributed by atoms with Crippen molar-refractivity contribution in [2.75, 3.05) is 6.54 Å². The predicted octanol–water partition coefficient (Wildman–Crippen LogP) is 3.00. The number of nitrogens with one attached hydrogen (secondary N) is 1. The fourth-order valence-electron chi connectivity index (χ4n) is 3.61. The van der Waals surface area contributed by atoms with Crippen molar-refractivity contribution in [3.8, 4) is 0 Å². The Kier molecular flexibility index (Phi) is 5.05. The Morgan fingerprint density at radius 3 is 2.78 bits per heavy atom. The molecule has 0 atom stereocenters. The van der Waals surface area contributed by atoms with Crippen LogP contribution in [0.25, 0.3) is 0 Å². The standard InChI is InChI=1S/C18H25ClN4/c1-23-11-17(22-13-23)10-21-16-5-7-18(12-20,8-6-16)14-3-2-4-15(19)9-14/h2-4,9,11,13,16,21H,5-8,10,12,20H2,1H3/t16-,18+. The quantitative estimate of drug-likeness (QED) is 0.885. The first-order valence-electron chi connectivity index (χ1n) is 8.28. The van der Waals surface area contributed by atoms with E-state index in [-0.39, 0.29) is 5.41 Å². The molecule has 1 saturated carbocycles. The van der Waals surface area contributed by atoms with E-state index in [0.29, 0.717) is 12.6 Å². The third-order valence-corrected chi connectivity index (χ3v) is 5.34. The second-order valence-corrected chi connectivity index (χ2v) is 7.12. The Morgan fingerprint density at radius 2 is 2.17 bits per heavy atom. The molecular weight excluding hydrogens is 308 g/mol. The Morgan fingerprint density at radius 1 is 1.39 bits per heavy atom. The van der Waals surface area contributed by atoms with E-state index in [1.807, 2.05) is 30.1 Å². The first kappa shape index (κ1) is 16.5. The van der Waals surface area contributed by atoms with Crippen molar-refractivity contribution >= 4 is 11.6 Å². The number of imidazole rings is 1. The van der Waals surface area contributed by atoms with Crippen LogP contribution < -0.4 is 11.1 Å². The monoisotopic (exact) mass is 332 g/mol. The van der Waals surface area contributed by atoms with Crippen LogP contribution in [0.15, 0.2) is 36.8 Å². The zero-order valence-electron chi connectivity index (χ0n) is 13.6. The molecule has 1 aromatic carbocycles. The molecule has 3 rings (SSSR count). The van der Waals surface area contributed by atoms with Gasteiger partial charge in [-0.15, -0.1) is 0 Å². The summed E-state index contributed by atoms with van der Waals surface area (Å²) >= 11 is 6.17. The first-order valence-corrected chi connectivity index (χ1v) is 8.65. The second-order valence-electron chi connectivity index (χ2n) is 6.68. The van der Waals surface area contributed by atoms with E-state index in [1.54, 1.807) is 0 Å². The largest absolute Gasteiger partial charge is 0.340 e. The normalized spacial score (nSPS) is 24.7. The fraction of sp³-hybridized carbons (Fsp3) is 0.500. The van der Waals surface area contributed by atoms with E-state index in [9.17, 15) is 0 Å². The Labute approximate surface area is 143 Å². The van der Waals surface area contributed by atoms with Gasteiger partial charge in [0.2, 0.25) is 0 Å². The summed E-state index contributed by atoms with van der Waals surface area (Å²) in [5.74, 6) is 0. The van der Waals surface area contributed by atoms with Crippen LogP contribution in [-0.2, 0) is 19.0 Å². The van der Waals surface area contributed by atoms with Crippen molar-refractivity contribution in [3.63, 3.8) is 0 Å². The first-order chi connectivity index (χ1) is 11.1. The molecule has 1 aliphatic carbocycles. The van der Waals surface area contributed by atoms with Gasteiger partial charge in [-0.1, -0.05) is 23.7 Å². The van der Waals surface area contributed by atoms with Gasteiger partial charge < -0.3 is 15.6 Å². The average Bonchev–Trinajstić information content (AvgIpc) is 2.99. The average molecular weight is 333 g/mol. The fourth-order valence-corrected chi connectivity index (χ4v) is 3.80. The van der Waals surface area contributed by atoms with Gasteiger partial charge in [0, 0.05) is 42.8 Å². The zero-order chi connectivity index (χ0) is 16.3. The molecule has 0 bridgehead atoms. The molecule has 1 aliphatic rings. The molecule has 4 nitrogen and oxygen atoms in total. The van der Waals surface area contributed by atoms with Gasteiger partial charge in [-0.25, -0.2) is 4.98 Å². The van der Waals surface area contributed by atoms with Crippen LogP contribution >= 0.6 is 11.6 Å². The third-order valence-electron chi connectivity index (χ3n) is 5.10. The van der Waals surface area contributed by atoms with Crippen molar-refractivity contribution < 1.29 is 0 Å². The highest BCUT2D eigenvalue weighted by Crippen LogP contribution is 2.39. The number of nitrogens with zero attached hydrogens (tertiary/aromatic N) is 2. The lowest BCUT2D eigenvalue weighted by Gasteiger charge is -2.40. The summed E-state index contributed by atoms with van der Waals surface area (Å²) in [6.45, 7) is 1.51. The third kappa shape index (κ3) is 3.77. The Bertz CT molecular complexity index is 644. The maximum Gasteiger partial charge on any atom is 0.0947 e. The van der Waals surface area contributed by atoms with Gasteiger partial charge in [0.15, 0.2) is 0 Å². The van der Waals surface area contributed by atoms with Gasteiger partial charge in [-0.3, -0.25) is 0 Å². The number of aryl methyl sites for hydroxylation is 1. The maximum absolute atomic E-state index is 6.17. The minimum atomic E-state index is 0.0775. The topological polar surface area (TPSA) is 55.9 Å². The van der Waals surface area contributed by atoms with Crippen molar-refractivity contribution in [3.05, 3.63) is 53.1 Å². The lowest BCUT2D eigenvalue weighted by molar-refractivity contribution is 0.250. The van der Waals surface area contributed by atoms with Crippen LogP contribution in [0.2, 0.25) is 5.02 Å². The number of halogens is 1. The van der Waals surface area contributed by atoms with Gasteiger partial charge in [0.1, 0.15) is 0 Å². The van der Waals surface area contributed by atoms with E-state index < -0.39 is 0 Å². The summed E-state index contributed by atoms with van der Waals surface area (Å²) in [6.07, 6.45) is 8.38. The molecule has 2 aromatic rings. The van der Waals surface area contributed by atoms with Crippen LogP contribution in [0.1, 0.15) is 36.9 Å². The number of hydrogen-bond donors (Lipinski definition) is 2. The lowest BCUT2D eigenvalue weighted by atomic mass is 9.68. The van der Waals surface area contributed by atoms with Crippen molar-refractivity contribution in [1.29, 1.82) is 0 Å². The number of hydrogen-bond acceptors (Lipinski definition) is 3. The molecule has 23 heavy (non-hydrogen) atoms. The molecular formula is C18H25ClN4. The van der Waals surface area contributed by atoms with Gasteiger partial charge in [-0.05, 0) is 43.4 Å². The van der Waals surface area contributed by atoms with E-state index in [2.05, 4.69) is 28.6 Å². The summed E-state index contributed by atoms with van der Waals surface area (Å²) in [6, 6.07) is 8.74. The van der Waals surface area contributed by atoms with Crippen molar-refractivity contribution in [2.45, 2.75) is 43.7 Å². The van der Waals surface area contributed by atoms with E-state index in [1.165, 1.54) is 5.56 Å². The molecule has 124 valence electrons. The highest BCUT2D eigenvalue weighted by molar-refractivity contribution is 6.30.